The van der Waals surface area contributed by atoms with Gasteiger partial charge in [0, 0.05) is 47.1 Å². The van der Waals surface area contributed by atoms with Crippen LogP contribution in [0.1, 0.15) is 40.2 Å². The normalized spacial score (nSPS) is 16.1. The minimum absolute atomic E-state index is 0.111. The van der Waals surface area contributed by atoms with Crippen LogP contribution in [0.2, 0.25) is 0 Å². The van der Waals surface area contributed by atoms with E-state index in [9.17, 15) is 24.6 Å². The molecule has 0 bridgehead atoms. The summed E-state index contributed by atoms with van der Waals surface area (Å²) in [6.45, 7) is 2.07. The first-order valence-electron chi connectivity index (χ1n) is 13.6. The van der Waals surface area contributed by atoms with Gasteiger partial charge in [-0.3, -0.25) is 19.3 Å². The van der Waals surface area contributed by atoms with E-state index in [0.29, 0.717) is 23.5 Å². The highest BCUT2D eigenvalue weighted by atomic mass is 32.2. The smallest absolute Gasteiger partial charge is 0.248 e. The number of rotatable bonds is 7. The summed E-state index contributed by atoms with van der Waals surface area (Å²) in [7, 11) is 0. The molecular formula is C34H29N3O5S. The van der Waals surface area contributed by atoms with Crippen molar-refractivity contribution in [2.75, 3.05) is 16.3 Å². The second-order valence-corrected chi connectivity index (χ2v) is 11.2. The average molecular weight is 592 g/mol. The molecule has 43 heavy (non-hydrogen) atoms. The molecule has 3 aromatic rings. The summed E-state index contributed by atoms with van der Waals surface area (Å²) in [6.07, 6.45) is 5.63. The monoisotopic (exact) mass is 591 g/mol. The molecule has 8 nitrogen and oxygen atoms in total. The number of primary amides is 1. The van der Waals surface area contributed by atoms with Crippen molar-refractivity contribution in [2.45, 2.75) is 24.0 Å². The molecule has 4 N–H and O–H groups in total. The Labute approximate surface area is 253 Å². The van der Waals surface area contributed by atoms with Gasteiger partial charge in [0.15, 0.2) is 11.5 Å². The molecule has 2 atom stereocenters. The Kier molecular flexibility index (Phi) is 8.41. The van der Waals surface area contributed by atoms with Gasteiger partial charge in [-0.15, -0.1) is 18.2 Å². The van der Waals surface area contributed by atoms with Crippen molar-refractivity contribution in [3.05, 3.63) is 108 Å². The highest BCUT2D eigenvalue weighted by Crippen LogP contribution is 2.48. The quantitative estimate of drug-likeness (QED) is 0.171. The minimum atomic E-state index is -0.736. The van der Waals surface area contributed by atoms with Gasteiger partial charge in [-0.25, -0.2) is 0 Å². The molecule has 9 heteroatoms. The second kappa shape index (κ2) is 12.3. The maximum absolute atomic E-state index is 13.7. The van der Waals surface area contributed by atoms with Crippen molar-refractivity contribution >= 4 is 40.9 Å². The predicted molar refractivity (Wildman–Crippen MR) is 169 cm³/mol. The van der Waals surface area contributed by atoms with Crippen molar-refractivity contribution in [2.24, 2.45) is 5.73 Å². The van der Waals surface area contributed by atoms with E-state index in [4.69, 9.17) is 12.2 Å². The van der Waals surface area contributed by atoms with Crippen molar-refractivity contribution in [1.29, 1.82) is 0 Å². The Morgan fingerprint density at radius 2 is 1.65 bits per heavy atom. The van der Waals surface area contributed by atoms with Crippen LogP contribution in [0.3, 0.4) is 0 Å². The van der Waals surface area contributed by atoms with E-state index in [1.54, 1.807) is 42.2 Å². The molecular weight excluding hydrogens is 562 g/mol. The Morgan fingerprint density at radius 3 is 2.23 bits per heavy atom. The highest BCUT2D eigenvalue weighted by molar-refractivity contribution is 8.01. The SMILES string of the molecule is C#Cc1ccccc1[C@@H]1S[C@H](CC(=O)N(CC)c2ccc(O)c(O)c2)C(=O)N1c1cccc(C(N)=O)c1.c1cc2ccc1-2. The van der Waals surface area contributed by atoms with Gasteiger partial charge in [-0.05, 0) is 54.4 Å². The number of carbonyl (C=O) groups is 3. The lowest BCUT2D eigenvalue weighted by Crippen LogP contribution is -2.36. The molecule has 0 aromatic heterocycles. The van der Waals surface area contributed by atoms with Crippen LogP contribution in [-0.2, 0) is 9.59 Å². The number of hydrogen-bond acceptors (Lipinski definition) is 6. The van der Waals surface area contributed by atoms with E-state index < -0.39 is 16.5 Å². The number of phenols is 2. The number of amides is 3. The molecule has 2 aliphatic carbocycles. The van der Waals surface area contributed by atoms with Gasteiger partial charge in [0.25, 0.3) is 0 Å². The van der Waals surface area contributed by atoms with Gasteiger partial charge in [0.1, 0.15) is 5.37 Å². The first kappa shape index (κ1) is 29.3. The zero-order valence-electron chi connectivity index (χ0n) is 23.3. The van der Waals surface area contributed by atoms with Crippen LogP contribution in [0.5, 0.6) is 11.5 Å². The molecule has 1 heterocycles. The van der Waals surface area contributed by atoms with E-state index in [1.165, 1.54) is 46.0 Å². The number of terminal acetylenes is 1. The molecule has 1 saturated heterocycles. The number of nitrogens with two attached hydrogens (primary N) is 1. The average Bonchev–Trinajstić information content (AvgIpc) is 3.32. The number of nitrogens with zero attached hydrogens (tertiary/aromatic N) is 2. The van der Waals surface area contributed by atoms with E-state index >= 15 is 0 Å². The van der Waals surface area contributed by atoms with E-state index in [2.05, 4.69) is 30.2 Å². The Balaban J connectivity index is 0.000000537. The van der Waals surface area contributed by atoms with Crippen molar-refractivity contribution in [3.8, 4) is 35.0 Å². The van der Waals surface area contributed by atoms with Gasteiger partial charge in [-0.1, -0.05) is 54.5 Å². The van der Waals surface area contributed by atoms with Crippen LogP contribution < -0.4 is 15.5 Å². The maximum Gasteiger partial charge on any atom is 0.248 e. The van der Waals surface area contributed by atoms with Crippen molar-refractivity contribution in [1.82, 2.24) is 0 Å². The summed E-state index contributed by atoms with van der Waals surface area (Å²) in [6, 6.07) is 26.3. The lowest BCUT2D eigenvalue weighted by atomic mass is 9.95. The number of aromatic hydroxyl groups is 2. The van der Waals surface area contributed by atoms with Gasteiger partial charge in [-0.2, -0.15) is 0 Å². The summed E-state index contributed by atoms with van der Waals surface area (Å²) in [4.78, 5) is 41.9. The molecule has 3 amide bonds. The van der Waals surface area contributed by atoms with Gasteiger partial charge < -0.3 is 20.8 Å². The summed E-state index contributed by atoms with van der Waals surface area (Å²) < 4.78 is 0. The molecule has 3 aromatic carbocycles. The fourth-order valence-electron chi connectivity index (χ4n) is 4.92. The van der Waals surface area contributed by atoms with Crippen LogP contribution in [0.15, 0.2) is 91.0 Å². The van der Waals surface area contributed by atoms with Gasteiger partial charge in [0.2, 0.25) is 17.7 Å². The van der Waals surface area contributed by atoms with Crippen LogP contribution >= 0.6 is 11.8 Å². The molecule has 0 radical (unpaired) electrons. The molecule has 0 saturated carbocycles. The lowest BCUT2D eigenvalue weighted by molar-refractivity contribution is -0.123. The molecule has 0 unspecified atom stereocenters. The van der Waals surface area contributed by atoms with Crippen LogP contribution in [0.4, 0.5) is 11.4 Å². The number of phenolic OH excluding ortho intramolecular Hbond substituents is 2. The van der Waals surface area contributed by atoms with Gasteiger partial charge in [0.05, 0.1) is 5.25 Å². The first-order valence-corrected chi connectivity index (χ1v) is 14.5. The molecule has 1 fully saturated rings. The number of carbonyl (C=O) groups excluding carboxylic acids is 3. The number of anilines is 2. The molecule has 0 spiro atoms. The summed E-state index contributed by atoms with van der Waals surface area (Å²) >= 11 is 1.30. The van der Waals surface area contributed by atoms with E-state index in [0.717, 1.165) is 5.56 Å². The predicted octanol–water partition coefficient (Wildman–Crippen LogP) is 5.44. The molecule has 6 rings (SSSR count). The Morgan fingerprint density at radius 1 is 0.953 bits per heavy atom. The third-order valence-corrected chi connectivity index (χ3v) is 8.72. The first-order chi connectivity index (χ1) is 20.7. The van der Waals surface area contributed by atoms with E-state index in [-0.39, 0.29) is 35.3 Å². The third-order valence-electron chi connectivity index (χ3n) is 7.30. The standard InChI is InChI=1S/C28H25N3O5S.C6H4/c1-3-17-8-5-6-11-21(17)28-31(20-10-7-9-18(14-20)26(29)35)27(36)24(37-28)16-25(34)30(4-2)19-12-13-22(32)23(33)15-19;1-2-6-4-3-5(1)6/h1,5-15,24,28,32-33H,4,16H2,2H3,(H2,29,35);1-4H/t24-,28+;/m1./s1. The highest BCUT2D eigenvalue weighted by Gasteiger charge is 2.44. The largest absolute Gasteiger partial charge is 0.504 e. The number of fused-ring (bicyclic) bond motifs is 1. The van der Waals surface area contributed by atoms with Crippen LogP contribution in [0, 0.1) is 12.3 Å². The fraction of sp³-hybridized carbons (Fsp3) is 0.147. The summed E-state index contributed by atoms with van der Waals surface area (Å²) in [5.41, 5.74) is 10.8. The van der Waals surface area contributed by atoms with Crippen molar-refractivity contribution < 1.29 is 24.6 Å². The minimum Gasteiger partial charge on any atom is -0.504 e. The molecule has 216 valence electrons. The third kappa shape index (κ3) is 5.92. The Bertz CT molecular complexity index is 1730. The molecule has 1 aliphatic heterocycles. The Hall–Kier alpha value is -5.20. The van der Waals surface area contributed by atoms with Crippen LogP contribution in [-0.4, -0.2) is 39.7 Å². The summed E-state index contributed by atoms with van der Waals surface area (Å²) in [5.74, 6) is 0.770. The maximum atomic E-state index is 13.7. The summed E-state index contributed by atoms with van der Waals surface area (Å²) in [5, 5.41) is 18.2. The number of hydrogen-bond donors (Lipinski definition) is 3. The zero-order valence-corrected chi connectivity index (χ0v) is 24.1. The fourth-order valence-corrected chi connectivity index (χ4v) is 6.40. The van der Waals surface area contributed by atoms with E-state index in [1.807, 2.05) is 18.2 Å². The number of benzene rings is 4. The topological polar surface area (TPSA) is 124 Å². The van der Waals surface area contributed by atoms with Crippen LogP contribution in [0.25, 0.3) is 11.1 Å². The van der Waals surface area contributed by atoms with Gasteiger partial charge >= 0.3 is 0 Å². The molecule has 3 aliphatic rings. The number of thioether (sulfide) groups is 1. The lowest BCUT2D eigenvalue weighted by Gasteiger charge is -2.25. The van der Waals surface area contributed by atoms with Crippen molar-refractivity contribution in [3.63, 3.8) is 0 Å². The zero-order chi connectivity index (χ0) is 30.7. The second-order valence-electron chi connectivity index (χ2n) is 9.92.